The van der Waals surface area contributed by atoms with E-state index >= 15 is 0 Å². The smallest absolute Gasteiger partial charge is 0.342 e. The van der Waals surface area contributed by atoms with Crippen molar-refractivity contribution < 1.29 is 14.3 Å². The number of nitrogens with two attached hydrogens (primary N) is 1. The third kappa shape index (κ3) is 3.53. The Morgan fingerprint density at radius 3 is 2.41 bits per heavy atom. The van der Waals surface area contributed by atoms with Gasteiger partial charge in [0, 0.05) is 6.07 Å². The van der Waals surface area contributed by atoms with Crippen LogP contribution >= 0.6 is 11.6 Å². The van der Waals surface area contributed by atoms with Crippen LogP contribution in [0, 0.1) is 0 Å². The van der Waals surface area contributed by atoms with Gasteiger partial charge in [0.15, 0.2) is 0 Å². The number of halogens is 1. The molecule has 0 spiro atoms. The molecule has 0 heterocycles. The standard InChI is InChI=1S/C12H16ClNO3/c1-12(2,3)17-11(15)7-5-8(13)9(14)6-10(7)16-4/h5-6H,14H2,1-4H3. The number of carbonyl (C=O) groups is 1. The van der Waals surface area contributed by atoms with Crippen LogP contribution in [0.4, 0.5) is 5.69 Å². The van der Waals surface area contributed by atoms with Crippen molar-refractivity contribution in [1.82, 2.24) is 0 Å². The molecule has 1 aromatic rings. The van der Waals surface area contributed by atoms with Crippen LogP contribution in [0.25, 0.3) is 0 Å². The second kappa shape index (κ2) is 4.84. The molecule has 0 saturated heterocycles. The largest absolute Gasteiger partial charge is 0.496 e. The van der Waals surface area contributed by atoms with Gasteiger partial charge in [0.25, 0.3) is 0 Å². The zero-order chi connectivity index (χ0) is 13.2. The third-order valence-electron chi connectivity index (χ3n) is 1.94. The molecule has 0 aliphatic carbocycles. The summed E-state index contributed by atoms with van der Waals surface area (Å²) >= 11 is 5.87. The molecular weight excluding hydrogens is 242 g/mol. The normalized spacial score (nSPS) is 11.1. The van der Waals surface area contributed by atoms with Crippen LogP contribution in [-0.2, 0) is 4.74 Å². The minimum absolute atomic E-state index is 0.265. The molecule has 0 fully saturated rings. The molecular formula is C12H16ClNO3. The Kier molecular flexibility index (Phi) is 3.88. The number of rotatable bonds is 2. The highest BCUT2D eigenvalue weighted by Crippen LogP contribution is 2.30. The number of carbonyl (C=O) groups excluding carboxylic acids is 1. The van der Waals surface area contributed by atoms with Crippen LogP contribution in [-0.4, -0.2) is 18.7 Å². The molecule has 0 radical (unpaired) electrons. The van der Waals surface area contributed by atoms with Gasteiger partial charge in [-0.05, 0) is 26.8 Å². The summed E-state index contributed by atoms with van der Waals surface area (Å²) < 4.78 is 10.3. The van der Waals surface area contributed by atoms with Crippen molar-refractivity contribution in [3.05, 3.63) is 22.7 Å². The van der Waals surface area contributed by atoms with Crippen molar-refractivity contribution in [2.75, 3.05) is 12.8 Å². The summed E-state index contributed by atoms with van der Waals surface area (Å²) in [4.78, 5) is 11.9. The molecule has 0 aliphatic rings. The van der Waals surface area contributed by atoms with Gasteiger partial charge in [0.2, 0.25) is 0 Å². The lowest BCUT2D eigenvalue weighted by Crippen LogP contribution is -2.24. The molecule has 0 aliphatic heterocycles. The number of esters is 1. The Morgan fingerprint density at radius 1 is 1.35 bits per heavy atom. The molecule has 0 atom stereocenters. The molecule has 5 heteroatoms. The Balaban J connectivity index is 3.12. The first kappa shape index (κ1) is 13.6. The van der Waals surface area contributed by atoms with E-state index in [0.29, 0.717) is 16.5 Å². The quantitative estimate of drug-likeness (QED) is 0.654. The predicted molar refractivity (Wildman–Crippen MR) is 67.6 cm³/mol. The van der Waals surface area contributed by atoms with Crippen LogP contribution < -0.4 is 10.5 Å². The van der Waals surface area contributed by atoms with Crippen molar-refractivity contribution in [2.24, 2.45) is 0 Å². The third-order valence-corrected chi connectivity index (χ3v) is 2.26. The van der Waals surface area contributed by atoms with E-state index in [1.165, 1.54) is 19.2 Å². The van der Waals surface area contributed by atoms with Crippen molar-refractivity contribution in [2.45, 2.75) is 26.4 Å². The summed E-state index contributed by atoms with van der Waals surface area (Å²) in [7, 11) is 1.45. The van der Waals surface area contributed by atoms with Gasteiger partial charge in [-0.2, -0.15) is 0 Å². The number of nitrogen functional groups attached to an aromatic ring is 1. The van der Waals surface area contributed by atoms with E-state index in [0.717, 1.165) is 0 Å². The second-order valence-corrected chi connectivity index (χ2v) is 4.98. The van der Waals surface area contributed by atoms with Gasteiger partial charge in [0.1, 0.15) is 16.9 Å². The molecule has 0 bridgehead atoms. The number of benzene rings is 1. The monoisotopic (exact) mass is 257 g/mol. The van der Waals surface area contributed by atoms with Crippen molar-refractivity contribution >= 4 is 23.3 Å². The second-order valence-electron chi connectivity index (χ2n) is 4.58. The number of anilines is 1. The lowest BCUT2D eigenvalue weighted by atomic mass is 10.1. The summed E-state index contributed by atoms with van der Waals surface area (Å²) in [6, 6.07) is 2.95. The SMILES string of the molecule is COc1cc(N)c(Cl)cc1C(=O)OC(C)(C)C. The van der Waals surface area contributed by atoms with Gasteiger partial charge >= 0.3 is 5.97 Å². The summed E-state index contributed by atoms with van der Waals surface area (Å²) in [6.45, 7) is 5.36. The first-order chi connectivity index (χ1) is 7.74. The number of hydrogen-bond donors (Lipinski definition) is 1. The lowest BCUT2D eigenvalue weighted by Gasteiger charge is -2.20. The van der Waals surface area contributed by atoms with Gasteiger partial charge in [-0.15, -0.1) is 0 Å². The van der Waals surface area contributed by atoms with E-state index < -0.39 is 11.6 Å². The maximum atomic E-state index is 11.9. The topological polar surface area (TPSA) is 61.5 Å². The fourth-order valence-corrected chi connectivity index (χ4v) is 1.39. The first-order valence-corrected chi connectivity index (χ1v) is 5.49. The summed E-state index contributed by atoms with van der Waals surface area (Å²) in [5.41, 5.74) is 5.68. The zero-order valence-electron chi connectivity index (χ0n) is 10.3. The number of hydrogen-bond acceptors (Lipinski definition) is 4. The van der Waals surface area contributed by atoms with E-state index in [4.69, 9.17) is 26.8 Å². The van der Waals surface area contributed by atoms with Crippen LogP contribution in [0.3, 0.4) is 0 Å². The molecule has 0 unspecified atom stereocenters. The molecule has 0 saturated carbocycles. The predicted octanol–water partition coefficient (Wildman–Crippen LogP) is 2.89. The molecule has 0 amide bonds. The van der Waals surface area contributed by atoms with Gasteiger partial charge < -0.3 is 15.2 Å². The fraction of sp³-hybridized carbons (Fsp3) is 0.417. The fourth-order valence-electron chi connectivity index (χ4n) is 1.23. The van der Waals surface area contributed by atoms with E-state index in [2.05, 4.69) is 0 Å². The van der Waals surface area contributed by atoms with Crippen LogP contribution in [0.1, 0.15) is 31.1 Å². The van der Waals surface area contributed by atoms with E-state index in [1.54, 1.807) is 20.8 Å². The van der Waals surface area contributed by atoms with Gasteiger partial charge in [-0.1, -0.05) is 11.6 Å². The van der Waals surface area contributed by atoms with Crippen LogP contribution in [0.2, 0.25) is 5.02 Å². The van der Waals surface area contributed by atoms with E-state index in [-0.39, 0.29) is 5.56 Å². The molecule has 0 aromatic heterocycles. The van der Waals surface area contributed by atoms with E-state index in [1.807, 2.05) is 0 Å². The maximum absolute atomic E-state index is 11.9. The van der Waals surface area contributed by atoms with Gasteiger partial charge in [-0.3, -0.25) is 0 Å². The molecule has 2 N–H and O–H groups in total. The van der Waals surface area contributed by atoms with Crippen LogP contribution in [0.5, 0.6) is 5.75 Å². The number of methoxy groups -OCH3 is 1. The minimum atomic E-state index is -0.573. The highest BCUT2D eigenvalue weighted by molar-refractivity contribution is 6.33. The highest BCUT2D eigenvalue weighted by Gasteiger charge is 2.22. The first-order valence-electron chi connectivity index (χ1n) is 5.11. The molecule has 1 rings (SSSR count). The summed E-state index contributed by atoms with van der Waals surface area (Å²) in [5, 5.41) is 0.298. The number of ether oxygens (including phenoxy) is 2. The minimum Gasteiger partial charge on any atom is -0.496 e. The Labute approximate surface area is 106 Å². The molecule has 94 valence electrons. The lowest BCUT2D eigenvalue weighted by molar-refractivity contribution is 0.00666. The summed E-state index contributed by atoms with van der Waals surface area (Å²) in [5.74, 6) is -0.141. The molecule has 17 heavy (non-hydrogen) atoms. The van der Waals surface area contributed by atoms with Gasteiger partial charge in [0.05, 0.1) is 17.8 Å². The van der Waals surface area contributed by atoms with Gasteiger partial charge in [-0.25, -0.2) is 4.79 Å². The van der Waals surface area contributed by atoms with Crippen molar-refractivity contribution in [3.63, 3.8) is 0 Å². The van der Waals surface area contributed by atoms with Crippen molar-refractivity contribution in [3.8, 4) is 5.75 Å². The summed E-state index contributed by atoms with van der Waals surface area (Å²) in [6.07, 6.45) is 0. The zero-order valence-corrected chi connectivity index (χ0v) is 11.1. The molecule has 1 aromatic carbocycles. The van der Waals surface area contributed by atoms with Crippen LogP contribution in [0.15, 0.2) is 12.1 Å². The maximum Gasteiger partial charge on any atom is 0.342 e. The average Bonchev–Trinajstić information content (AvgIpc) is 2.18. The highest BCUT2D eigenvalue weighted by atomic mass is 35.5. The van der Waals surface area contributed by atoms with Crippen molar-refractivity contribution in [1.29, 1.82) is 0 Å². The Hall–Kier alpha value is -1.42. The van der Waals surface area contributed by atoms with E-state index in [9.17, 15) is 4.79 Å². The Morgan fingerprint density at radius 2 is 1.94 bits per heavy atom. The average molecular weight is 258 g/mol. The molecule has 4 nitrogen and oxygen atoms in total. The Bertz CT molecular complexity index is 438.